The number of rotatable bonds is 6. The van der Waals surface area contributed by atoms with Gasteiger partial charge in [0.2, 0.25) is 5.91 Å². The first-order chi connectivity index (χ1) is 12.9. The number of hydrogen-bond donors (Lipinski definition) is 2. The molecular weight excluding hydrogens is 350 g/mol. The number of nitrogens with one attached hydrogen (secondary N) is 2. The monoisotopic (exact) mass is 373 g/mol. The maximum Gasteiger partial charge on any atom is 0.321 e. The lowest BCUT2D eigenvalue weighted by atomic mass is 10.1. The summed E-state index contributed by atoms with van der Waals surface area (Å²) in [7, 11) is 0. The van der Waals surface area contributed by atoms with Crippen LogP contribution in [0.3, 0.4) is 0 Å². The Balaban J connectivity index is 1.45. The van der Waals surface area contributed by atoms with Crippen molar-refractivity contribution in [2.45, 2.75) is 38.3 Å². The van der Waals surface area contributed by atoms with Crippen LogP contribution in [0.25, 0.3) is 0 Å². The van der Waals surface area contributed by atoms with E-state index in [1.807, 2.05) is 37.3 Å². The van der Waals surface area contributed by atoms with Crippen LogP contribution in [0.1, 0.15) is 37.8 Å². The lowest BCUT2D eigenvalue weighted by Crippen LogP contribution is -2.42. The number of amides is 4. The second-order valence-electron chi connectivity index (χ2n) is 6.94. The Hall–Kier alpha value is -2.90. The Labute approximate surface area is 157 Å². The van der Waals surface area contributed by atoms with Gasteiger partial charge in [-0.05, 0) is 25.3 Å². The Morgan fingerprint density at radius 1 is 1.22 bits per heavy atom. The standard InChI is InChI=1S/C19H23N3O5/c1-12(13-5-3-2-4-6-13)22-10-14(9-17(22)24)18(25)27-11-16(23)21-19(26)20-15-7-8-15/h2-6,12,14-15H,7-11H2,1H3,(H2,20,21,23,26)/t12-,14+/m1/s1. The van der Waals surface area contributed by atoms with Crippen molar-refractivity contribution in [2.24, 2.45) is 5.92 Å². The highest BCUT2D eigenvalue weighted by atomic mass is 16.5. The molecule has 1 saturated carbocycles. The highest BCUT2D eigenvalue weighted by Gasteiger charge is 2.38. The number of carbonyl (C=O) groups is 4. The molecule has 4 amide bonds. The van der Waals surface area contributed by atoms with E-state index < -0.39 is 30.4 Å². The third-order valence-corrected chi connectivity index (χ3v) is 4.75. The van der Waals surface area contributed by atoms with Gasteiger partial charge in [0.1, 0.15) is 0 Å². The number of imide groups is 1. The molecule has 0 radical (unpaired) electrons. The molecule has 1 aliphatic heterocycles. The van der Waals surface area contributed by atoms with Crippen molar-refractivity contribution in [3.05, 3.63) is 35.9 Å². The summed E-state index contributed by atoms with van der Waals surface area (Å²) in [4.78, 5) is 49.3. The van der Waals surface area contributed by atoms with Crippen molar-refractivity contribution < 1.29 is 23.9 Å². The third kappa shape index (κ3) is 5.06. The van der Waals surface area contributed by atoms with Gasteiger partial charge in [-0.15, -0.1) is 0 Å². The Bertz CT molecular complexity index is 732. The van der Waals surface area contributed by atoms with Crippen LogP contribution in [0.5, 0.6) is 0 Å². The molecular formula is C19H23N3O5. The van der Waals surface area contributed by atoms with E-state index in [4.69, 9.17) is 4.74 Å². The van der Waals surface area contributed by atoms with Crippen molar-refractivity contribution in [3.8, 4) is 0 Å². The lowest BCUT2D eigenvalue weighted by Gasteiger charge is -2.25. The molecule has 2 aliphatic rings. The summed E-state index contributed by atoms with van der Waals surface area (Å²) in [6, 6.07) is 8.96. The van der Waals surface area contributed by atoms with Crippen molar-refractivity contribution >= 4 is 23.8 Å². The maximum atomic E-state index is 12.3. The summed E-state index contributed by atoms with van der Waals surface area (Å²) in [5, 5.41) is 4.72. The molecule has 1 heterocycles. The van der Waals surface area contributed by atoms with Crippen molar-refractivity contribution in [1.29, 1.82) is 0 Å². The number of carbonyl (C=O) groups excluding carboxylic acids is 4. The molecule has 2 fully saturated rings. The molecule has 2 atom stereocenters. The number of likely N-dealkylation sites (tertiary alicyclic amines) is 1. The van der Waals surface area contributed by atoms with E-state index in [9.17, 15) is 19.2 Å². The van der Waals surface area contributed by atoms with Gasteiger partial charge in [0.15, 0.2) is 6.61 Å². The van der Waals surface area contributed by atoms with Crippen LogP contribution in [0.15, 0.2) is 30.3 Å². The van der Waals surface area contributed by atoms with E-state index in [-0.39, 0.29) is 31.0 Å². The Morgan fingerprint density at radius 3 is 2.59 bits per heavy atom. The van der Waals surface area contributed by atoms with Gasteiger partial charge in [-0.25, -0.2) is 4.79 Å². The van der Waals surface area contributed by atoms with Crippen LogP contribution in [0.2, 0.25) is 0 Å². The molecule has 1 aromatic rings. The molecule has 27 heavy (non-hydrogen) atoms. The smallest absolute Gasteiger partial charge is 0.321 e. The van der Waals surface area contributed by atoms with Gasteiger partial charge in [-0.2, -0.15) is 0 Å². The first-order valence-corrected chi connectivity index (χ1v) is 9.05. The van der Waals surface area contributed by atoms with Crippen LogP contribution in [0.4, 0.5) is 4.79 Å². The molecule has 3 rings (SSSR count). The second-order valence-corrected chi connectivity index (χ2v) is 6.94. The number of hydrogen-bond acceptors (Lipinski definition) is 5. The number of ether oxygens (including phenoxy) is 1. The highest BCUT2D eigenvalue weighted by Crippen LogP contribution is 2.28. The average Bonchev–Trinajstić information content (AvgIpc) is 3.38. The fourth-order valence-corrected chi connectivity index (χ4v) is 3.04. The number of urea groups is 1. The molecule has 0 unspecified atom stereocenters. The Kier molecular flexibility index (Phi) is 5.73. The van der Waals surface area contributed by atoms with Gasteiger partial charge in [-0.1, -0.05) is 30.3 Å². The first kappa shape index (κ1) is 18.9. The van der Waals surface area contributed by atoms with Gasteiger partial charge < -0.3 is 15.0 Å². The van der Waals surface area contributed by atoms with Crippen LogP contribution in [0, 0.1) is 5.92 Å². The van der Waals surface area contributed by atoms with Crippen LogP contribution in [-0.4, -0.2) is 47.9 Å². The van der Waals surface area contributed by atoms with Gasteiger partial charge >= 0.3 is 12.0 Å². The zero-order valence-corrected chi connectivity index (χ0v) is 15.1. The van der Waals surface area contributed by atoms with Gasteiger partial charge in [-0.3, -0.25) is 19.7 Å². The van der Waals surface area contributed by atoms with Crippen LogP contribution in [-0.2, 0) is 19.1 Å². The molecule has 1 saturated heterocycles. The predicted molar refractivity (Wildman–Crippen MR) is 95.3 cm³/mol. The summed E-state index contributed by atoms with van der Waals surface area (Å²) >= 11 is 0. The first-order valence-electron chi connectivity index (χ1n) is 9.05. The van der Waals surface area contributed by atoms with Crippen molar-refractivity contribution in [2.75, 3.05) is 13.2 Å². The largest absolute Gasteiger partial charge is 0.455 e. The predicted octanol–water partition coefficient (Wildman–Crippen LogP) is 1.13. The number of esters is 1. The summed E-state index contributed by atoms with van der Waals surface area (Å²) < 4.78 is 4.98. The topological polar surface area (TPSA) is 105 Å². The van der Waals surface area contributed by atoms with E-state index >= 15 is 0 Å². The molecule has 144 valence electrons. The Morgan fingerprint density at radius 2 is 1.93 bits per heavy atom. The number of benzene rings is 1. The van der Waals surface area contributed by atoms with E-state index in [1.54, 1.807) is 4.90 Å². The number of nitrogens with zero attached hydrogens (tertiary/aromatic N) is 1. The minimum absolute atomic E-state index is 0.0553. The fraction of sp³-hybridized carbons (Fsp3) is 0.474. The molecule has 1 aliphatic carbocycles. The SMILES string of the molecule is C[C@H](c1ccccc1)N1C[C@@H](C(=O)OCC(=O)NC(=O)NC2CC2)CC1=O. The quantitative estimate of drug-likeness (QED) is 0.727. The lowest BCUT2D eigenvalue weighted by molar-refractivity contribution is -0.152. The summed E-state index contributed by atoms with van der Waals surface area (Å²) in [6.07, 6.45) is 1.87. The maximum absolute atomic E-state index is 12.3. The average molecular weight is 373 g/mol. The molecule has 0 bridgehead atoms. The molecule has 8 heteroatoms. The minimum Gasteiger partial charge on any atom is -0.455 e. The van der Waals surface area contributed by atoms with Crippen LogP contribution < -0.4 is 10.6 Å². The zero-order valence-electron chi connectivity index (χ0n) is 15.1. The van der Waals surface area contributed by atoms with Crippen molar-refractivity contribution in [1.82, 2.24) is 15.5 Å². The minimum atomic E-state index is -0.694. The second kappa shape index (κ2) is 8.20. The van der Waals surface area contributed by atoms with E-state index in [2.05, 4.69) is 10.6 Å². The molecule has 0 spiro atoms. The zero-order chi connectivity index (χ0) is 19.4. The van der Waals surface area contributed by atoms with Gasteiger partial charge in [0.25, 0.3) is 5.91 Å². The summed E-state index contributed by atoms with van der Waals surface area (Å²) in [5.74, 6) is -2.04. The van der Waals surface area contributed by atoms with E-state index in [0.29, 0.717) is 0 Å². The fourth-order valence-electron chi connectivity index (χ4n) is 3.04. The third-order valence-electron chi connectivity index (χ3n) is 4.75. The van der Waals surface area contributed by atoms with Crippen LogP contribution >= 0.6 is 0 Å². The molecule has 0 aromatic heterocycles. The molecule has 1 aromatic carbocycles. The summed E-state index contributed by atoms with van der Waals surface area (Å²) in [5.41, 5.74) is 0.987. The molecule has 8 nitrogen and oxygen atoms in total. The van der Waals surface area contributed by atoms with Gasteiger partial charge in [0.05, 0.1) is 12.0 Å². The normalized spacial score (nSPS) is 20.1. The molecule has 2 N–H and O–H groups in total. The van der Waals surface area contributed by atoms with Gasteiger partial charge in [0, 0.05) is 19.0 Å². The van der Waals surface area contributed by atoms with E-state index in [1.165, 1.54) is 0 Å². The van der Waals surface area contributed by atoms with Crippen molar-refractivity contribution in [3.63, 3.8) is 0 Å². The summed E-state index contributed by atoms with van der Waals surface area (Å²) in [6.45, 7) is 1.61. The highest BCUT2D eigenvalue weighted by molar-refractivity contribution is 5.96. The van der Waals surface area contributed by atoms with E-state index in [0.717, 1.165) is 18.4 Å².